The summed E-state index contributed by atoms with van der Waals surface area (Å²) in [6, 6.07) is 15.8. The first-order valence-corrected chi connectivity index (χ1v) is 13.5. The molecule has 0 saturated carbocycles. The van der Waals surface area contributed by atoms with Crippen LogP contribution in [0, 0.1) is 0 Å². The van der Waals surface area contributed by atoms with Gasteiger partial charge in [-0.1, -0.05) is 73.1 Å². The van der Waals surface area contributed by atoms with Crippen molar-refractivity contribution in [2.24, 2.45) is 0 Å². The molecule has 0 aliphatic rings. The van der Waals surface area contributed by atoms with Crippen molar-refractivity contribution in [3.8, 4) is 5.75 Å². The quantitative estimate of drug-likeness (QED) is 0.270. The number of amides is 1. The first-order chi connectivity index (χ1) is 13.2. The van der Waals surface area contributed by atoms with Gasteiger partial charge in [-0.05, 0) is 41.4 Å². The fraction of sp³-hybridized carbons (Fsp3) is 0.409. The summed E-state index contributed by atoms with van der Waals surface area (Å²) in [4.78, 5) is 11.1. The maximum Gasteiger partial charge on any atom is 0.211 e. The second-order valence-corrected chi connectivity index (χ2v) is 13.7. The van der Waals surface area contributed by atoms with Crippen molar-refractivity contribution >= 4 is 36.3 Å². The van der Waals surface area contributed by atoms with E-state index in [1.165, 1.54) is 0 Å². The van der Waals surface area contributed by atoms with E-state index < -0.39 is 8.32 Å². The van der Waals surface area contributed by atoms with Gasteiger partial charge >= 0.3 is 0 Å². The van der Waals surface area contributed by atoms with Crippen molar-refractivity contribution in [3.05, 3.63) is 59.7 Å². The molecule has 0 radical (unpaired) electrons. The summed E-state index contributed by atoms with van der Waals surface area (Å²) in [6.45, 7) is 11.6. The van der Waals surface area contributed by atoms with Crippen LogP contribution in [0.1, 0.15) is 38.0 Å². The zero-order chi connectivity index (χ0) is 20.8. The fourth-order valence-electron chi connectivity index (χ4n) is 2.51. The average molecular weight is 464 g/mol. The number of hydrogen-bond donors (Lipinski definition) is 1. The number of rotatable bonds is 9. The molecule has 2 aromatic rings. The maximum absolute atomic E-state index is 11.1. The lowest BCUT2D eigenvalue weighted by molar-refractivity contribution is -0.105. The third-order valence-corrected chi connectivity index (χ3v) is 10.3. The van der Waals surface area contributed by atoms with Gasteiger partial charge in [0.1, 0.15) is 12.4 Å². The summed E-state index contributed by atoms with van der Waals surface area (Å²) in [5, 5.41) is 3.57. The molecule has 2 rings (SSSR count). The van der Waals surface area contributed by atoms with Gasteiger partial charge in [-0.2, -0.15) is 0 Å². The lowest BCUT2D eigenvalue weighted by Gasteiger charge is -2.39. The first-order valence-electron chi connectivity index (χ1n) is 9.42. The van der Waals surface area contributed by atoms with Crippen molar-refractivity contribution in [1.29, 1.82) is 0 Å². The summed E-state index contributed by atoms with van der Waals surface area (Å²) in [7, 11) is -1.93. The van der Waals surface area contributed by atoms with E-state index in [1.54, 1.807) is 0 Å². The molecule has 0 heterocycles. The van der Waals surface area contributed by atoms with E-state index in [4.69, 9.17) is 9.16 Å². The SMILES string of the molecule is CC(C)(C)[Si](C)(C)O[C@@H](CBr)c1ccc(OCc2ccccc2)c(NC=O)c1. The molecule has 0 fully saturated rings. The van der Waals surface area contributed by atoms with Crippen LogP contribution in [0.25, 0.3) is 0 Å². The molecule has 0 aliphatic carbocycles. The molecule has 2 aromatic carbocycles. The molecule has 1 atom stereocenters. The summed E-state index contributed by atoms with van der Waals surface area (Å²) >= 11 is 3.59. The van der Waals surface area contributed by atoms with Crippen LogP contribution < -0.4 is 10.1 Å². The minimum Gasteiger partial charge on any atom is -0.487 e. The average Bonchev–Trinajstić information content (AvgIpc) is 2.65. The number of nitrogens with one attached hydrogen (secondary N) is 1. The Morgan fingerprint density at radius 2 is 1.82 bits per heavy atom. The van der Waals surface area contributed by atoms with E-state index in [9.17, 15) is 4.79 Å². The van der Waals surface area contributed by atoms with Crippen molar-refractivity contribution in [2.45, 2.75) is 51.6 Å². The van der Waals surface area contributed by atoms with Crippen LogP contribution in [0.4, 0.5) is 5.69 Å². The maximum atomic E-state index is 11.1. The zero-order valence-corrected chi connectivity index (χ0v) is 19.9. The van der Waals surface area contributed by atoms with E-state index in [0.717, 1.165) is 11.1 Å². The van der Waals surface area contributed by atoms with Gasteiger partial charge in [0, 0.05) is 5.33 Å². The molecule has 0 aromatic heterocycles. The van der Waals surface area contributed by atoms with Gasteiger partial charge in [-0.25, -0.2) is 0 Å². The Labute approximate surface area is 177 Å². The number of benzene rings is 2. The summed E-state index contributed by atoms with van der Waals surface area (Å²) in [5.41, 5.74) is 2.73. The highest BCUT2D eigenvalue weighted by Crippen LogP contribution is 2.41. The molecule has 152 valence electrons. The second-order valence-electron chi connectivity index (χ2n) is 8.31. The van der Waals surface area contributed by atoms with Crippen LogP contribution >= 0.6 is 15.9 Å². The first kappa shape index (κ1) is 22.7. The van der Waals surface area contributed by atoms with Gasteiger partial charge in [0.25, 0.3) is 0 Å². The Morgan fingerprint density at radius 1 is 1.14 bits per heavy atom. The third kappa shape index (κ3) is 5.93. The molecule has 28 heavy (non-hydrogen) atoms. The molecule has 1 amide bonds. The third-order valence-electron chi connectivity index (χ3n) is 5.21. The van der Waals surface area contributed by atoms with Gasteiger partial charge in [0.15, 0.2) is 8.32 Å². The van der Waals surface area contributed by atoms with Crippen LogP contribution in [-0.2, 0) is 15.8 Å². The summed E-state index contributed by atoms with van der Waals surface area (Å²) < 4.78 is 12.5. The Kier molecular flexibility index (Phi) is 7.86. The predicted molar refractivity (Wildman–Crippen MR) is 122 cm³/mol. The van der Waals surface area contributed by atoms with Crippen LogP contribution in [0.2, 0.25) is 18.1 Å². The monoisotopic (exact) mass is 463 g/mol. The highest BCUT2D eigenvalue weighted by Gasteiger charge is 2.39. The molecule has 0 saturated heterocycles. The number of anilines is 1. The molecule has 0 bridgehead atoms. The minimum atomic E-state index is -1.93. The molecule has 1 N–H and O–H groups in total. The van der Waals surface area contributed by atoms with Gasteiger partial charge in [-0.15, -0.1) is 0 Å². The van der Waals surface area contributed by atoms with E-state index in [2.05, 4.69) is 55.1 Å². The zero-order valence-electron chi connectivity index (χ0n) is 17.3. The van der Waals surface area contributed by atoms with Gasteiger partial charge in [0.2, 0.25) is 6.41 Å². The van der Waals surface area contributed by atoms with Crippen molar-refractivity contribution in [2.75, 3.05) is 10.6 Å². The Bertz CT molecular complexity index is 775. The number of ether oxygens (including phenoxy) is 1. The summed E-state index contributed by atoms with van der Waals surface area (Å²) in [5.74, 6) is 0.639. The molecule has 0 unspecified atom stereocenters. The summed E-state index contributed by atoms with van der Waals surface area (Å²) in [6.07, 6.45) is 0.586. The van der Waals surface area contributed by atoms with Gasteiger partial charge < -0.3 is 14.5 Å². The number of halogens is 1. The second kappa shape index (κ2) is 9.72. The lowest BCUT2D eigenvalue weighted by Crippen LogP contribution is -2.42. The van der Waals surface area contributed by atoms with Crippen LogP contribution in [-0.4, -0.2) is 20.1 Å². The number of alkyl halides is 1. The molecule has 0 aliphatic heterocycles. The smallest absolute Gasteiger partial charge is 0.211 e. The predicted octanol–water partition coefficient (Wildman–Crippen LogP) is 6.29. The Balaban J connectivity index is 2.23. The minimum absolute atomic E-state index is 0.0868. The molecule has 6 heteroatoms. The van der Waals surface area contributed by atoms with Crippen molar-refractivity contribution in [3.63, 3.8) is 0 Å². The van der Waals surface area contributed by atoms with Crippen LogP contribution in [0.15, 0.2) is 48.5 Å². The topological polar surface area (TPSA) is 47.6 Å². The highest BCUT2D eigenvalue weighted by molar-refractivity contribution is 9.09. The van der Waals surface area contributed by atoms with Crippen LogP contribution in [0.5, 0.6) is 5.75 Å². The number of carbonyl (C=O) groups is 1. The Hall–Kier alpha value is -1.63. The molecule has 4 nitrogen and oxygen atoms in total. The normalized spacial score (nSPS) is 13.1. The van der Waals surface area contributed by atoms with Gasteiger partial charge in [0.05, 0.1) is 11.8 Å². The van der Waals surface area contributed by atoms with E-state index in [1.807, 2.05) is 48.5 Å². The van der Waals surface area contributed by atoms with Gasteiger partial charge in [-0.3, -0.25) is 4.79 Å². The van der Waals surface area contributed by atoms with E-state index >= 15 is 0 Å². The lowest BCUT2D eigenvalue weighted by atomic mass is 10.1. The number of hydrogen-bond acceptors (Lipinski definition) is 3. The largest absolute Gasteiger partial charge is 0.487 e. The van der Waals surface area contributed by atoms with Crippen molar-refractivity contribution < 1.29 is 14.0 Å². The standard InChI is InChI=1S/C22H30BrNO3Si/c1-22(2,3)28(4,5)27-21(14-23)18-11-12-20(19(13-18)24-16-25)26-15-17-9-7-6-8-10-17/h6-13,16,21H,14-15H2,1-5H3,(H,24,25)/t21-/m0/s1. The molecule has 0 spiro atoms. The Morgan fingerprint density at radius 3 is 2.39 bits per heavy atom. The fourth-order valence-corrected chi connectivity index (χ4v) is 4.54. The van der Waals surface area contributed by atoms with E-state index in [0.29, 0.717) is 29.8 Å². The van der Waals surface area contributed by atoms with Crippen molar-refractivity contribution in [1.82, 2.24) is 0 Å². The molecular weight excluding hydrogens is 434 g/mol. The highest BCUT2D eigenvalue weighted by atomic mass is 79.9. The molecular formula is C22H30BrNO3Si. The van der Waals surface area contributed by atoms with E-state index in [-0.39, 0.29) is 11.1 Å². The van der Waals surface area contributed by atoms with Crippen LogP contribution in [0.3, 0.4) is 0 Å². The number of carbonyl (C=O) groups excluding carboxylic acids is 1.